The van der Waals surface area contributed by atoms with Crippen molar-refractivity contribution < 1.29 is 14.3 Å². The van der Waals surface area contributed by atoms with E-state index in [0.717, 1.165) is 30.8 Å². The smallest absolute Gasteiger partial charge is 0.102 e. The van der Waals surface area contributed by atoms with Crippen LogP contribution in [0.25, 0.3) is 0 Å². The van der Waals surface area contributed by atoms with Crippen molar-refractivity contribution in [2.45, 2.75) is 104 Å². The van der Waals surface area contributed by atoms with E-state index in [1.54, 1.807) is 0 Å². The number of likely N-dealkylation sites (N-methyl/N-ethyl adjacent to an activating group) is 1. The van der Waals surface area contributed by atoms with Gasteiger partial charge in [-0.2, -0.15) is 0 Å². The number of quaternary nitrogens is 1. The van der Waals surface area contributed by atoms with Crippen LogP contribution in [0.1, 0.15) is 104 Å². The predicted molar refractivity (Wildman–Crippen MR) is 119 cm³/mol. The molecule has 1 atom stereocenters. The lowest BCUT2D eigenvalue weighted by Gasteiger charge is -2.31. The molecule has 0 saturated heterocycles. The Morgan fingerprint density at radius 2 is 1.19 bits per heavy atom. The van der Waals surface area contributed by atoms with Crippen molar-refractivity contribution in [2.75, 3.05) is 47.0 Å². The Morgan fingerprint density at radius 3 is 1.63 bits per heavy atom. The predicted octanol–water partition coefficient (Wildman–Crippen LogP) is 6.19. The number of nitrogens with zero attached hydrogens (tertiary/aromatic N) is 1. The molecule has 0 bridgehead atoms. The molecule has 0 aliphatic carbocycles. The van der Waals surface area contributed by atoms with Crippen molar-refractivity contribution in [1.82, 2.24) is 0 Å². The minimum absolute atomic E-state index is 0.264. The summed E-state index contributed by atoms with van der Waals surface area (Å²) >= 11 is 0. The monoisotopic (exact) mass is 386 g/mol. The van der Waals surface area contributed by atoms with Gasteiger partial charge in [0.25, 0.3) is 0 Å². The van der Waals surface area contributed by atoms with Crippen LogP contribution in [0.2, 0.25) is 0 Å². The number of aliphatic hydroxyl groups excluding tert-OH is 1. The summed E-state index contributed by atoms with van der Waals surface area (Å²) in [4.78, 5) is 0. The SMILES string of the molecule is CCCCCCCCCCCCCCCCOCC(C)C[N+](C)(C)CCO. The molecule has 0 rings (SSSR count). The quantitative estimate of drug-likeness (QED) is 0.188. The van der Waals surface area contributed by atoms with Gasteiger partial charge in [-0.15, -0.1) is 0 Å². The standard InChI is InChI=1S/C24H52NO2/c1-5-6-7-8-9-10-11-12-13-14-15-16-17-18-21-27-23-24(2)22-25(3,4)19-20-26/h24,26H,5-23H2,1-4H3/q+1. The highest BCUT2D eigenvalue weighted by molar-refractivity contribution is 4.52. The van der Waals surface area contributed by atoms with Crippen LogP contribution >= 0.6 is 0 Å². The van der Waals surface area contributed by atoms with Crippen molar-refractivity contribution in [3.63, 3.8) is 0 Å². The van der Waals surface area contributed by atoms with Gasteiger partial charge in [-0.05, 0) is 6.42 Å². The first-order valence-corrected chi connectivity index (χ1v) is 12.0. The normalized spacial score (nSPS) is 13.2. The number of hydrogen-bond acceptors (Lipinski definition) is 2. The second kappa shape index (κ2) is 19.2. The van der Waals surface area contributed by atoms with Crippen LogP contribution < -0.4 is 0 Å². The highest BCUT2D eigenvalue weighted by atomic mass is 16.5. The third kappa shape index (κ3) is 20.4. The Balaban J connectivity index is 3.23. The molecule has 164 valence electrons. The van der Waals surface area contributed by atoms with E-state index in [1.807, 2.05) is 0 Å². The number of unbranched alkanes of at least 4 members (excludes halogenated alkanes) is 13. The molecule has 1 N–H and O–H groups in total. The molecule has 0 amide bonds. The van der Waals surface area contributed by atoms with Gasteiger partial charge in [0.05, 0.1) is 33.9 Å². The average molecular weight is 387 g/mol. The Bertz CT molecular complexity index is 294. The average Bonchev–Trinajstić information content (AvgIpc) is 2.60. The summed E-state index contributed by atoms with van der Waals surface area (Å²) in [5.74, 6) is 0.554. The van der Waals surface area contributed by atoms with E-state index in [-0.39, 0.29) is 6.61 Å². The maximum absolute atomic E-state index is 9.09. The van der Waals surface area contributed by atoms with Crippen molar-refractivity contribution in [2.24, 2.45) is 5.92 Å². The Hall–Kier alpha value is -0.120. The molecule has 0 aromatic heterocycles. The molecule has 0 aromatic carbocycles. The van der Waals surface area contributed by atoms with E-state index >= 15 is 0 Å². The Labute approximate surface area is 171 Å². The van der Waals surface area contributed by atoms with Crippen molar-refractivity contribution >= 4 is 0 Å². The van der Waals surface area contributed by atoms with Crippen molar-refractivity contribution in [3.05, 3.63) is 0 Å². The zero-order valence-corrected chi connectivity index (χ0v) is 19.3. The molecule has 1 unspecified atom stereocenters. The first-order valence-electron chi connectivity index (χ1n) is 12.0. The molecule has 0 radical (unpaired) electrons. The van der Waals surface area contributed by atoms with Crippen molar-refractivity contribution in [3.8, 4) is 0 Å². The van der Waals surface area contributed by atoms with Gasteiger partial charge in [-0.3, -0.25) is 0 Å². The summed E-state index contributed by atoms with van der Waals surface area (Å²) in [7, 11) is 4.36. The van der Waals surface area contributed by atoms with Crippen LogP contribution in [0, 0.1) is 5.92 Å². The van der Waals surface area contributed by atoms with Crippen LogP contribution in [-0.2, 0) is 4.74 Å². The van der Waals surface area contributed by atoms with Gasteiger partial charge in [-0.1, -0.05) is 97.3 Å². The van der Waals surface area contributed by atoms with Gasteiger partial charge in [0.2, 0.25) is 0 Å². The first-order chi connectivity index (χ1) is 13.0. The third-order valence-electron chi connectivity index (χ3n) is 5.56. The molecule has 0 aliphatic heterocycles. The van der Waals surface area contributed by atoms with E-state index < -0.39 is 0 Å². The molecule has 0 spiro atoms. The van der Waals surface area contributed by atoms with Gasteiger partial charge in [0, 0.05) is 12.5 Å². The maximum Gasteiger partial charge on any atom is 0.102 e. The summed E-state index contributed by atoms with van der Waals surface area (Å²) in [6, 6.07) is 0. The van der Waals surface area contributed by atoms with Crippen LogP contribution in [0.5, 0.6) is 0 Å². The molecule has 0 heterocycles. The van der Waals surface area contributed by atoms with E-state index in [9.17, 15) is 0 Å². The van der Waals surface area contributed by atoms with E-state index in [4.69, 9.17) is 9.84 Å². The van der Waals surface area contributed by atoms with Crippen molar-refractivity contribution in [1.29, 1.82) is 0 Å². The third-order valence-corrected chi connectivity index (χ3v) is 5.56. The largest absolute Gasteiger partial charge is 0.391 e. The lowest BCUT2D eigenvalue weighted by atomic mass is 10.0. The highest BCUT2D eigenvalue weighted by Gasteiger charge is 2.18. The number of rotatable bonds is 21. The minimum Gasteiger partial charge on any atom is -0.391 e. The molecule has 0 fully saturated rings. The highest BCUT2D eigenvalue weighted by Crippen LogP contribution is 2.13. The fraction of sp³-hybridized carbons (Fsp3) is 1.00. The zero-order valence-electron chi connectivity index (χ0n) is 19.3. The topological polar surface area (TPSA) is 29.5 Å². The van der Waals surface area contributed by atoms with Crippen LogP contribution in [0.4, 0.5) is 0 Å². The summed E-state index contributed by atoms with van der Waals surface area (Å²) in [6.45, 7) is 8.46. The molecular weight excluding hydrogens is 334 g/mol. The summed E-state index contributed by atoms with van der Waals surface area (Å²) in [5, 5.41) is 9.09. The Kier molecular flexibility index (Phi) is 19.1. The van der Waals surface area contributed by atoms with E-state index in [1.165, 1.54) is 89.9 Å². The van der Waals surface area contributed by atoms with Crippen LogP contribution in [0.15, 0.2) is 0 Å². The van der Waals surface area contributed by atoms with Gasteiger partial charge in [-0.25, -0.2) is 0 Å². The van der Waals surface area contributed by atoms with Gasteiger partial charge in [0.1, 0.15) is 6.54 Å². The lowest BCUT2D eigenvalue weighted by Crippen LogP contribution is -2.45. The lowest BCUT2D eigenvalue weighted by molar-refractivity contribution is -0.893. The fourth-order valence-corrected chi connectivity index (χ4v) is 3.94. The van der Waals surface area contributed by atoms with Gasteiger partial charge >= 0.3 is 0 Å². The second-order valence-corrected chi connectivity index (χ2v) is 9.34. The Morgan fingerprint density at radius 1 is 0.741 bits per heavy atom. The zero-order chi connectivity index (χ0) is 20.2. The summed E-state index contributed by atoms with van der Waals surface area (Å²) in [6.07, 6.45) is 19.6. The summed E-state index contributed by atoms with van der Waals surface area (Å²) in [5.41, 5.74) is 0. The molecule has 0 saturated carbocycles. The maximum atomic E-state index is 9.09. The van der Waals surface area contributed by atoms with Gasteiger partial charge in [0.15, 0.2) is 0 Å². The second-order valence-electron chi connectivity index (χ2n) is 9.34. The first kappa shape index (κ1) is 26.9. The van der Waals surface area contributed by atoms with E-state index in [0.29, 0.717) is 5.92 Å². The fourth-order valence-electron chi connectivity index (χ4n) is 3.94. The molecule has 3 heteroatoms. The molecule has 0 aromatic rings. The number of ether oxygens (including phenoxy) is 1. The van der Waals surface area contributed by atoms with Gasteiger partial charge < -0.3 is 14.3 Å². The molecule has 3 nitrogen and oxygen atoms in total. The molecule has 27 heavy (non-hydrogen) atoms. The molecular formula is C24H52NO2+. The van der Waals surface area contributed by atoms with Crippen LogP contribution in [-0.4, -0.2) is 56.6 Å². The number of aliphatic hydroxyl groups is 1. The van der Waals surface area contributed by atoms with Crippen LogP contribution in [0.3, 0.4) is 0 Å². The summed E-state index contributed by atoms with van der Waals surface area (Å²) < 4.78 is 6.73. The molecule has 0 aliphatic rings. The minimum atomic E-state index is 0.264. The number of hydrogen-bond donors (Lipinski definition) is 1. The van der Waals surface area contributed by atoms with E-state index in [2.05, 4.69) is 27.9 Å².